The van der Waals surface area contributed by atoms with Crippen LogP contribution in [0.2, 0.25) is 0 Å². The highest BCUT2D eigenvalue weighted by Crippen LogP contribution is 2.52. The molecular weight excluding hydrogens is 236 g/mol. The van der Waals surface area contributed by atoms with Gasteiger partial charge in [-0.2, -0.15) is 0 Å². The van der Waals surface area contributed by atoms with Crippen molar-refractivity contribution in [2.45, 2.75) is 12.8 Å². The van der Waals surface area contributed by atoms with Gasteiger partial charge in [0.05, 0.1) is 0 Å². The summed E-state index contributed by atoms with van der Waals surface area (Å²) in [6.45, 7) is 2.00. The number of fused-ring (bicyclic) bond motifs is 5. The molecule has 19 heavy (non-hydrogen) atoms. The van der Waals surface area contributed by atoms with E-state index in [1.165, 1.54) is 12.8 Å². The van der Waals surface area contributed by atoms with Gasteiger partial charge in [0.2, 0.25) is 0 Å². The topological polar surface area (TPSA) is 37.3 Å². The number of benzene rings is 1. The molecule has 1 aromatic carbocycles. The summed E-state index contributed by atoms with van der Waals surface area (Å²) in [6.07, 6.45) is 12.5. The van der Waals surface area contributed by atoms with Crippen LogP contribution in [0.3, 0.4) is 0 Å². The maximum atomic E-state index is 8.63. The Kier molecular flexibility index (Phi) is 4.56. The van der Waals surface area contributed by atoms with Crippen LogP contribution in [0.15, 0.2) is 54.6 Å². The van der Waals surface area contributed by atoms with Crippen LogP contribution >= 0.6 is 0 Å². The van der Waals surface area contributed by atoms with Crippen LogP contribution in [0, 0.1) is 23.7 Å². The molecule has 0 aliphatic heterocycles. The van der Waals surface area contributed by atoms with E-state index in [2.05, 4.69) is 24.3 Å². The van der Waals surface area contributed by atoms with Gasteiger partial charge in [-0.3, -0.25) is 0 Å². The molecule has 0 heterocycles. The van der Waals surface area contributed by atoms with Crippen molar-refractivity contribution in [3.8, 4) is 5.75 Å². The lowest BCUT2D eigenvalue weighted by Gasteiger charge is -2.18. The van der Waals surface area contributed by atoms with Crippen LogP contribution in [0.5, 0.6) is 5.75 Å². The van der Waals surface area contributed by atoms with E-state index in [0.29, 0.717) is 5.75 Å². The number of allylic oxidation sites excluding steroid dienone is 4. The van der Waals surface area contributed by atoms with E-state index in [1.807, 2.05) is 12.9 Å². The minimum atomic E-state index is 0.322. The molecule has 1 saturated carbocycles. The third-order valence-corrected chi connectivity index (χ3v) is 4.21. The molecule has 3 aliphatic rings. The summed E-state index contributed by atoms with van der Waals surface area (Å²) in [5.41, 5.74) is 0. The van der Waals surface area contributed by atoms with Crippen molar-refractivity contribution in [2.24, 2.45) is 23.7 Å². The number of aromatic hydroxyl groups is 1. The van der Waals surface area contributed by atoms with Crippen LogP contribution in [0.4, 0.5) is 0 Å². The van der Waals surface area contributed by atoms with Gasteiger partial charge in [-0.05, 0) is 48.6 Å². The lowest BCUT2D eigenvalue weighted by atomic mass is 9.86. The van der Waals surface area contributed by atoms with Crippen molar-refractivity contribution in [2.75, 3.05) is 0 Å². The minimum Gasteiger partial charge on any atom is -0.508 e. The third kappa shape index (κ3) is 2.95. The summed E-state index contributed by atoms with van der Waals surface area (Å²) in [7, 11) is 0. The van der Waals surface area contributed by atoms with Gasteiger partial charge < -0.3 is 9.90 Å². The third-order valence-electron chi connectivity index (χ3n) is 4.21. The Balaban J connectivity index is 0.000000132. The maximum Gasteiger partial charge on any atom is 0.115 e. The van der Waals surface area contributed by atoms with Gasteiger partial charge in [-0.1, -0.05) is 42.5 Å². The Labute approximate surface area is 114 Å². The normalized spacial score (nSPS) is 32.0. The number of carbonyl (C=O) groups is 1. The van der Waals surface area contributed by atoms with E-state index in [0.717, 1.165) is 23.7 Å². The van der Waals surface area contributed by atoms with Gasteiger partial charge in [0.1, 0.15) is 12.5 Å². The van der Waals surface area contributed by atoms with Gasteiger partial charge in [0.15, 0.2) is 0 Å². The van der Waals surface area contributed by atoms with E-state index in [1.54, 1.807) is 24.3 Å². The quantitative estimate of drug-likeness (QED) is 0.720. The molecule has 100 valence electrons. The zero-order valence-electron chi connectivity index (χ0n) is 11.0. The zero-order chi connectivity index (χ0) is 13.7. The largest absolute Gasteiger partial charge is 0.508 e. The Morgan fingerprint density at radius 1 is 1.00 bits per heavy atom. The molecule has 2 nitrogen and oxygen atoms in total. The molecule has 4 rings (SSSR count). The number of para-hydroxylation sites is 1. The lowest BCUT2D eigenvalue weighted by Crippen LogP contribution is -2.12. The van der Waals surface area contributed by atoms with Crippen molar-refractivity contribution in [3.63, 3.8) is 0 Å². The fraction of sp³-hybridized carbons (Fsp3) is 0.353. The molecule has 0 aromatic heterocycles. The summed E-state index contributed by atoms with van der Waals surface area (Å²) in [5, 5.41) is 8.63. The second-order valence-corrected chi connectivity index (χ2v) is 5.19. The second-order valence-electron chi connectivity index (χ2n) is 5.19. The SMILES string of the molecule is C1=CC2C3C=CC(C3)C2C1.C=O.Oc1ccccc1. The summed E-state index contributed by atoms with van der Waals surface area (Å²) < 4.78 is 0. The highest BCUT2D eigenvalue weighted by molar-refractivity contribution is 5.21. The predicted octanol–water partition coefficient (Wildman–Crippen LogP) is 3.59. The summed E-state index contributed by atoms with van der Waals surface area (Å²) >= 11 is 0. The van der Waals surface area contributed by atoms with Crippen molar-refractivity contribution >= 4 is 6.79 Å². The number of rotatable bonds is 0. The first-order valence-corrected chi connectivity index (χ1v) is 6.72. The monoisotopic (exact) mass is 256 g/mol. The standard InChI is InChI=1S/C10H12.C6H6O.CH2O/c1-2-9-7-4-5-8(6-7)10(9)3-1;7-6-4-2-1-3-5-6;1-2/h1-2,4-5,7-10H,3,6H2;1-5,7H;1H2. The smallest absolute Gasteiger partial charge is 0.115 e. The molecule has 1 aromatic rings. The first-order chi connectivity index (χ1) is 9.34. The van der Waals surface area contributed by atoms with E-state index in [-0.39, 0.29) is 0 Å². The molecule has 2 heteroatoms. The molecule has 0 amide bonds. The van der Waals surface area contributed by atoms with Crippen LogP contribution in [-0.2, 0) is 4.79 Å². The molecule has 4 unspecified atom stereocenters. The Morgan fingerprint density at radius 2 is 1.68 bits per heavy atom. The molecule has 1 fully saturated rings. The summed E-state index contributed by atoms with van der Waals surface area (Å²) in [6, 6.07) is 8.71. The number of hydrogen-bond donors (Lipinski definition) is 1. The first kappa shape index (κ1) is 13.6. The van der Waals surface area contributed by atoms with Crippen LogP contribution < -0.4 is 0 Å². The fourth-order valence-corrected chi connectivity index (χ4v) is 3.40. The van der Waals surface area contributed by atoms with Crippen LogP contribution in [-0.4, -0.2) is 11.9 Å². The van der Waals surface area contributed by atoms with E-state index in [9.17, 15) is 0 Å². The molecular formula is C17H20O2. The Morgan fingerprint density at radius 3 is 2.26 bits per heavy atom. The average molecular weight is 256 g/mol. The highest BCUT2D eigenvalue weighted by Gasteiger charge is 2.44. The molecule has 2 bridgehead atoms. The second kappa shape index (κ2) is 6.37. The van der Waals surface area contributed by atoms with E-state index in [4.69, 9.17) is 9.90 Å². The predicted molar refractivity (Wildman–Crippen MR) is 76.7 cm³/mol. The molecule has 0 radical (unpaired) electrons. The first-order valence-electron chi connectivity index (χ1n) is 6.72. The molecule has 1 N–H and O–H groups in total. The highest BCUT2D eigenvalue weighted by atomic mass is 16.3. The van der Waals surface area contributed by atoms with Gasteiger partial charge in [0, 0.05) is 0 Å². The molecule has 0 saturated heterocycles. The van der Waals surface area contributed by atoms with Gasteiger partial charge in [-0.15, -0.1) is 0 Å². The molecule has 3 aliphatic carbocycles. The van der Waals surface area contributed by atoms with Gasteiger partial charge in [0.25, 0.3) is 0 Å². The zero-order valence-corrected chi connectivity index (χ0v) is 11.0. The van der Waals surface area contributed by atoms with Crippen LogP contribution in [0.25, 0.3) is 0 Å². The Bertz CT molecular complexity index is 450. The van der Waals surface area contributed by atoms with E-state index < -0.39 is 0 Å². The fourth-order valence-electron chi connectivity index (χ4n) is 3.40. The number of carbonyl (C=O) groups excluding carboxylic acids is 1. The molecule has 4 atom stereocenters. The summed E-state index contributed by atoms with van der Waals surface area (Å²) in [4.78, 5) is 8.00. The maximum absolute atomic E-state index is 8.63. The van der Waals surface area contributed by atoms with Gasteiger partial charge in [-0.25, -0.2) is 0 Å². The van der Waals surface area contributed by atoms with Crippen molar-refractivity contribution in [1.82, 2.24) is 0 Å². The number of phenolic OH excluding ortho intramolecular Hbond substituents is 1. The van der Waals surface area contributed by atoms with Gasteiger partial charge >= 0.3 is 0 Å². The number of hydrogen-bond acceptors (Lipinski definition) is 2. The van der Waals surface area contributed by atoms with E-state index >= 15 is 0 Å². The lowest BCUT2D eigenvalue weighted by molar-refractivity contribution is -0.0979. The van der Waals surface area contributed by atoms with Crippen molar-refractivity contribution in [3.05, 3.63) is 54.6 Å². The van der Waals surface area contributed by atoms with Crippen LogP contribution in [0.1, 0.15) is 12.8 Å². The number of phenols is 1. The minimum absolute atomic E-state index is 0.322. The van der Waals surface area contributed by atoms with Crippen molar-refractivity contribution < 1.29 is 9.90 Å². The van der Waals surface area contributed by atoms with Crippen molar-refractivity contribution in [1.29, 1.82) is 0 Å². The average Bonchev–Trinajstić information content (AvgIpc) is 3.17. The molecule has 0 spiro atoms. The Hall–Kier alpha value is -1.83. The summed E-state index contributed by atoms with van der Waals surface area (Å²) in [5.74, 6) is 4.14.